The smallest absolute Gasteiger partial charge is 0.316 e. The molecule has 0 unspecified atom stereocenters. The van der Waals surface area contributed by atoms with Crippen LogP contribution in [0.25, 0.3) is 16.3 Å². The van der Waals surface area contributed by atoms with Crippen LogP contribution in [-0.4, -0.2) is 16.9 Å². The molecule has 0 radical (unpaired) electrons. The summed E-state index contributed by atoms with van der Waals surface area (Å²) >= 11 is 1.54. The molecule has 4 N–H and O–H groups in total. The summed E-state index contributed by atoms with van der Waals surface area (Å²) in [6.07, 6.45) is 3.18. The normalized spacial score (nSPS) is 10.9. The highest BCUT2D eigenvalue weighted by Crippen LogP contribution is 2.22. The number of urea groups is 1. The second kappa shape index (κ2) is 7.59. The number of hydrogen-bond acceptors (Lipinski definition) is 4. The predicted molar refractivity (Wildman–Crippen MR) is 100 cm³/mol. The molecule has 3 rings (SSSR count). The van der Waals surface area contributed by atoms with Crippen LogP contribution in [0.1, 0.15) is 10.6 Å². The van der Waals surface area contributed by atoms with Crippen molar-refractivity contribution in [1.82, 2.24) is 10.3 Å². The summed E-state index contributed by atoms with van der Waals surface area (Å²) in [5.41, 5.74) is 7.50. The van der Waals surface area contributed by atoms with Gasteiger partial charge in [0.25, 0.3) is 0 Å². The molecule has 0 aliphatic rings. The van der Waals surface area contributed by atoms with Gasteiger partial charge in [-0.25, -0.2) is 9.78 Å². The third-order valence-corrected chi connectivity index (χ3v) is 4.38. The summed E-state index contributed by atoms with van der Waals surface area (Å²) in [5, 5.41) is 6.07. The Bertz CT molecular complexity index is 899. The lowest BCUT2D eigenvalue weighted by atomic mass is 10.2. The fraction of sp³-hybridized carbons (Fsp3) is 0.0556. The van der Waals surface area contributed by atoms with Crippen LogP contribution in [0.15, 0.2) is 54.6 Å². The molecular formula is C18H16N4O2S. The van der Waals surface area contributed by atoms with E-state index in [0.29, 0.717) is 12.2 Å². The van der Waals surface area contributed by atoms with Crippen molar-refractivity contribution in [1.29, 1.82) is 0 Å². The number of benzene rings is 2. The minimum Gasteiger partial charge on any atom is -0.351 e. The van der Waals surface area contributed by atoms with E-state index in [1.807, 2.05) is 36.4 Å². The molecule has 0 saturated heterocycles. The minimum absolute atomic E-state index is 0.196. The number of carbonyl (C=O) groups excluding carboxylic acids is 2. The van der Waals surface area contributed by atoms with Gasteiger partial charge in [0.15, 0.2) is 0 Å². The Balaban J connectivity index is 1.54. The monoisotopic (exact) mass is 352 g/mol. The molecule has 0 bridgehead atoms. The molecule has 0 spiro atoms. The number of carbonyl (C=O) groups is 2. The van der Waals surface area contributed by atoms with Crippen LogP contribution in [0, 0.1) is 0 Å². The summed E-state index contributed by atoms with van der Waals surface area (Å²) in [4.78, 5) is 27.1. The lowest BCUT2D eigenvalue weighted by molar-refractivity contribution is -0.116. The highest BCUT2D eigenvalue weighted by molar-refractivity contribution is 7.19. The van der Waals surface area contributed by atoms with Gasteiger partial charge in [0.05, 0.1) is 10.2 Å². The standard InChI is InChI=1S/C18H16N4O2S/c19-18(24)21-13-7-5-12(6-8-13)11-20-16(23)9-10-17-22-14-3-1-2-4-15(14)25-17/h1-10H,11H2,(H,20,23)(H3,19,21,24)/b10-9+. The van der Waals surface area contributed by atoms with Crippen molar-refractivity contribution in [2.24, 2.45) is 5.73 Å². The molecular weight excluding hydrogens is 336 g/mol. The number of nitrogens with zero attached hydrogens (tertiary/aromatic N) is 1. The number of rotatable bonds is 5. The maximum Gasteiger partial charge on any atom is 0.316 e. The van der Waals surface area contributed by atoms with E-state index < -0.39 is 6.03 Å². The van der Waals surface area contributed by atoms with E-state index in [1.165, 1.54) is 17.4 Å². The molecule has 1 aromatic heterocycles. The molecule has 0 aliphatic carbocycles. The maximum absolute atomic E-state index is 11.9. The summed E-state index contributed by atoms with van der Waals surface area (Å²) < 4.78 is 1.09. The van der Waals surface area contributed by atoms with E-state index in [-0.39, 0.29) is 5.91 Å². The Kier molecular flexibility index (Phi) is 5.06. The second-order valence-corrected chi connectivity index (χ2v) is 6.32. The largest absolute Gasteiger partial charge is 0.351 e. The summed E-state index contributed by atoms with van der Waals surface area (Å²) in [6, 6.07) is 14.3. The van der Waals surface area contributed by atoms with E-state index in [4.69, 9.17) is 5.73 Å². The lowest BCUT2D eigenvalue weighted by Crippen LogP contribution is -2.20. The van der Waals surface area contributed by atoms with E-state index in [1.54, 1.807) is 18.2 Å². The average molecular weight is 352 g/mol. The number of thiazole rings is 1. The topological polar surface area (TPSA) is 97.1 Å². The summed E-state index contributed by atoms with van der Waals surface area (Å²) in [6.45, 7) is 0.389. The van der Waals surface area contributed by atoms with Crippen LogP contribution >= 0.6 is 11.3 Å². The fourth-order valence-electron chi connectivity index (χ4n) is 2.20. The van der Waals surface area contributed by atoms with Crippen LogP contribution < -0.4 is 16.4 Å². The maximum atomic E-state index is 11.9. The second-order valence-electron chi connectivity index (χ2n) is 5.26. The first-order valence-electron chi connectivity index (χ1n) is 7.57. The van der Waals surface area contributed by atoms with Crippen LogP contribution in [0.4, 0.5) is 10.5 Å². The van der Waals surface area contributed by atoms with Crippen molar-refractivity contribution in [3.8, 4) is 0 Å². The lowest BCUT2D eigenvalue weighted by Gasteiger charge is -2.05. The van der Waals surface area contributed by atoms with Gasteiger partial charge in [-0.1, -0.05) is 24.3 Å². The number of nitrogens with two attached hydrogens (primary N) is 1. The summed E-state index contributed by atoms with van der Waals surface area (Å²) in [7, 11) is 0. The van der Waals surface area contributed by atoms with Crippen LogP contribution in [0.2, 0.25) is 0 Å². The number of aromatic nitrogens is 1. The number of anilines is 1. The van der Waals surface area contributed by atoms with Gasteiger partial charge in [0, 0.05) is 18.3 Å². The molecule has 0 atom stereocenters. The minimum atomic E-state index is -0.610. The van der Waals surface area contributed by atoms with Gasteiger partial charge >= 0.3 is 6.03 Å². The molecule has 0 aliphatic heterocycles. The van der Waals surface area contributed by atoms with Gasteiger partial charge in [-0.2, -0.15) is 0 Å². The Morgan fingerprint density at radius 1 is 1.12 bits per heavy atom. The van der Waals surface area contributed by atoms with E-state index >= 15 is 0 Å². The van der Waals surface area contributed by atoms with Gasteiger partial charge in [0.1, 0.15) is 5.01 Å². The molecule has 0 fully saturated rings. The fourth-order valence-corrected chi connectivity index (χ4v) is 3.07. The van der Waals surface area contributed by atoms with Crippen molar-refractivity contribution >= 4 is 45.3 Å². The van der Waals surface area contributed by atoms with Crippen LogP contribution in [0.3, 0.4) is 0 Å². The molecule has 3 amide bonds. The molecule has 6 nitrogen and oxygen atoms in total. The average Bonchev–Trinajstić information content (AvgIpc) is 3.02. The third-order valence-electron chi connectivity index (χ3n) is 3.38. The highest BCUT2D eigenvalue weighted by atomic mass is 32.1. The Morgan fingerprint density at radius 3 is 2.60 bits per heavy atom. The first kappa shape index (κ1) is 16.7. The van der Waals surface area contributed by atoms with Crippen LogP contribution in [0.5, 0.6) is 0 Å². The zero-order chi connectivity index (χ0) is 17.6. The van der Waals surface area contributed by atoms with Gasteiger partial charge in [-0.15, -0.1) is 11.3 Å². The first-order chi connectivity index (χ1) is 12.1. The van der Waals surface area contributed by atoms with Crippen molar-refractivity contribution in [3.63, 3.8) is 0 Å². The molecule has 2 aromatic carbocycles. The van der Waals surface area contributed by atoms with Gasteiger partial charge in [-0.05, 0) is 35.9 Å². The first-order valence-corrected chi connectivity index (χ1v) is 8.39. The summed E-state index contributed by atoms with van der Waals surface area (Å²) in [5.74, 6) is -0.196. The number of primary amides is 1. The predicted octanol–water partition coefficient (Wildman–Crippen LogP) is 3.12. The van der Waals surface area contributed by atoms with Crippen molar-refractivity contribution in [3.05, 3.63) is 65.2 Å². The highest BCUT2D eigenvalue weighted by Gasteiger charge is 2.02. The Morgan fingerprint density at radius 2 is 1.88 bits per heavy atom. The molecule has 7 heteroatoms. The molecule has 25 heavy (non-hydrogen) atoms. The number of para-hydroxylation sites is 1. The molecule has 1 heterocycles. The number of fused-ring (bicyclic) bond motifs is 1. The number of amides is 3. The SMILES string of the molecule is NC(=O)Nc1ccc(CNC(=O)/C=C/c2nc3ccccc3s2)cc1. The van der Waals surface area contributed by atoms with Gasteiger partial charge in [0.2, 0.25) is 5.91 Å². The Labute approximate surface area is 148 Å². The van der Waals surface area contributed by atoms with Gasteiger partial charge < -0.3 is 16.4 Å². The Hall–Kier alpha value is -3.19. The molecule has 0 saturated carbocycles. The van der Waals surface area contributed by atoms with Crippen molar-refractivity contribution in [2.45, 2.75) is 6.54 Å². The number of nitrogens with one attached hydrogen (secondary N) is 2. The van der Waals surface area contributed by atoms with Crippen molar-refractivity contribution in [2.75, 3.05) is 5.32 Å². The van der Waals surface area contributed by atoms with E-state index in [2.05, 4.69) is 15.6 Å². The third kappa shape index (κ3) is 4.65. The zero-order valence-electron chi connectivity index (χ0n) is 13.2. The molecule has 3 aromatic rings. The quantitative estimate of drug-likeness (QED) is 0.615. The molecule has 126 valence electrons. The number of hydrogen-bond donors (Lipinski definition) is 3. The van der Waals surface area contributed by atoms with E-state index in [9.17, 15) is 9.59 Å². The van der Waals surface area contributed by atoms with E-state index in [0.717, 1.165) is 20.8 Å². The van der Waals surface area contributed by atoms with Crippen LogP contribution in [-0.2, 0) is 11.3 Å². The van der Waals surface area contributed by atoms with Gasteiger partial charge in [-0.3, -0.25) is 4.79 Å². The van der Waals surface area contributed by atoms with Crippen molar-refractivity contribution < 1.29 is 9.59 Å². The zero-order valence-corrected chi connectivity index (χ0v) is 14.0.